The first-order chi connectivity index (χ1) is 18.5. The van der Waals surface area contributed by atoms with Gasteiger partial charge in [-0.1, -0.05) is 92.7 Å². The fourth-order valence-corrected chi connectivity index (χ4v) is 5.78. The van der Waals surface area contributed by atoms with Gasteiger partial charge in [-0.2, -0.15) is 0 Å². The molecule has 0 radical (unpaired) electrons. The van der Waals surface area contributed by atoms with Crippen LogP contribution < -0.4 is 0 Å². The molecule has 0 unspecified atom stereocenters. The standard InChI is InChI=1S/C18H20O2.C15H14Cl2O2/c19-16-8-4-14(5-9-16)18(12-2-1-3-13-18)15-6-10-17(20)11-7-15;1-15(2,9-3-5-13(18)11(16)7-9)10-4-6-14(19)12(17)8-10/h4-11,19-20H,1-3,12-13H2;3-8,18-19H,1-2H3. The van der Waals surface area contributed by atoms with Crippen molar-refractivity contribution in [2.45, 2.75) is 56.8 Å². The van der Waals surface area contributed by atoms with Gasteiger partial charge in [-0.25, -0.2) is 0 Å². The molecule has 0 saturated heterocycles. The fourth-order valence-electron chi connectivity index (χ4n) is 5.42. The Kier molecular flexibility index (Phi) is 8.68. The number of phenolic OH excluding ortho intramolecular Hbond substituents is 4. The number of rotatable bonds is 4. The average Bonchev–Trinajstić information content (AvgIpc) is 2.93. The van der Waals surface area contributed by atoms with Gasteiger partial charge >= 0.3 is 0 Å². The van der Waals surface area contributed by atoms with E-state index in [1.54, 1.807) is 48.5 Å². The fraction of sp³-hybridized carbons (Fsp3) is 0.273. The third-order valence-electron chi connectivity index (χ3n) is 7.89. The zero-order chi connectivity index (χ0) is 28.2. The maximum atomic E-state index is 9.51. The average molecular weight is 566 g/mol. The number of aromatic hydroxyl groups is 4. The lowest BCUT2D eigenvalue weighted by Crippen LogP contribution is -2.30. The Hall–Kier alpha value is -3.34. The SMILES string of the molecule is CC(C)(c1ccc(O)c(Cl)c1)c1ccc(O)c(Cl)c1.Oc1ccc(C2(c3ccc(O)cc3)CCCCC2)cc1. The van der Waals surface area contributed by atoms with Crippen LogP contribution in [-0.2, 0) is 10.8 Å². The highest BCUT2D eigenvalue weighted by atomic mass is 35.5. The normalized spacial score (nSPS) is 14.8. The van der Waals surface area contributed by atoms with Gasteiger partial charge in [0.25, 0.3) is 0 Å². The first kappa shape index (κ1) is 28.7. The summed E-state index contributed by atoms with van der Waals surface area (Å²) < 4.78 is 0. The molecule has 6 heteroatoms. The van der Waals surface area contributed by atoms with Gasteiger partial charge in [-0.3, -0.25) is 0 Å². The van der Waals surface area contributed by atoms with Crippen LogP contribution in [0.25, 0.3) is 0 Å². The second kappa shape index (κ2) is 11.8. The highest BCUT2D eigenvalue weighted by molar-refractivity contribution is 6.32. The molecule has 4 aromatic carbocycles. The van der Waals surface area contributed by atoms with Crippen LogP contribution in [0.3, 0.4) is 0 Å². The number of phenols is 4. The number of hydrogen-bond acceptors (Lipinski definition) is 4. The summed E-state index contributed by atoms with van der Waals surface area (Å²) in [4.78, 5) is 0. The highest BCUT2D eigenvalue weighted by Gasteiger charge is 2.35. The Morgan fingerprint density at radius 2 is 0.949 bits per heavy atom. The minimum absolute atomic E-state index is 0.0274. The van der Waals surface area contributed by atoms with E-state index in [4.69, 9.17) is 23.2 Å². The molecule has 1 aliphatic rings. The Bertz CT molecular complexity index is 1310. The van der Waals surface area contributed by atoms with Crippen molar-refractivity contribution in [1.29, 1.82) is 0 Å². The summed E-state index contributed by atoms with van der Waals surface area (Å²) in [7, 11) is 0. The van der Waals surface area contributed by atoms with E-state index in [1.807, 2.05) is 50.2 Å². The molecule has 0 aromatic heterocycles. The van der Waals surface area contributed by atoms with Crippen LogP contribution in [0.15, 0.2) is 84.9 Å². The predicted molar refractivity (Wildman–Crippen MR) is 158 cm³/mol. The first-order valence-electron chi connectivity index (χ1n) is 13.1. The molecule has 1 saturated carbocycles. The maximum Gasteiger partial charge on any atom is 0.134 e. The molecule has 4 N–H and O–H groups in total. The van der Waals surface area contributed by atoms with Crippen LogP contribution in [0.1, 0.15) is 68.2 Å². The summed E-state index contributed by atoms with van der Waals surface area (Å²) in [5.41, 5.74) is 4.13. The van der Waals surface area contributed by atoms with Gasteiger partial charge in [0.05, 0.1) is 10.0 Å². The van der Waals surface area contributed by atoms with E-state index in [0.717, 1.165) is 24.0 Å². The lowest BCUT2D eigenvalue weighted by Gasteiger charge is -2.38. The molecular formula is C33H34Cl2O4. The van der Waals surface area contributed by atoms with E-state index in [2.05, 4.69) is 0 Å². The van der Waals surface area contributed by atoms with E-state index in [9.17, 15) is 20.4 Å². The Morgan fingerprint density at radius 1 is 0.564 bits per heavy atom. The van der Waals surface area contributed by atoms with Crippen LogP contribution in [0.2, 0.25) is 10.0 Å². The van der Waals surface area contributed by atoms with Crippen LogP contribution >= 0.6 is 23.2 Å². The first-order valence-corrected chi connectivity index (χ1v) is 13.9. The topological polar surface area (TPSA) is 80.9 Å². The molecular weight excluding hydrogens is 531 g/mol. The molecule has 4 aromatic rings. The summed E-state index contributed by atoms with van der Waals surface area (Å²) in [6, 6.07) is 25.5. The van der Waals surface area contributed by atoms with Crippen molar-refractivity contribution in [2.75, 3.05) is 0 Å². The van der Waals surface area contributed by atoms with Gasteiger partial charge < -0.3 is 20.4 Å². The largest absolute Gasteiger partial charge is 0.508 e. The zero-order valence-electron chi connectivity index (χ0n) is 22.2. The van der Waals surface area contributed by atoms with Crippen molar-refractivity contribution in [3.63, 3.8) is 0 Å². The molecule has 0 aliphatic heterocycles. The van der Waals surface area contributed by atoms with E-state index < -0.39 is 0 Å². The zero-order valence-corrected chi connectivity index (χ0v) is 23.7. The molecule has 0 spiro atoms. The molecule has 5 rings (SSSR count). The van der Waals surface area contributed by atoms with Crippen LogP contribution in [-0.4, -0.2) is 20.4 Å². The van der Waals surface area contributed by atoms with E-state index in [-0.39, 0.29) is 22.3 Å². The molecule has 1 fully saturated rings. The van der Waals surface area contributed by atoms with Gasteiger partial charge in [-0.05, 0) is 83.6 Å². The Morgan fingerprint density at radius 3 is 1.31 bits per heavy atom. The maximum absolute atomic E-state index is 9.51. The van der Waals surface area contributed by atoms with Gasteiger partial charge in [0, 0.05) is 10.8 Å². The van der Waals surface area contributed by atoms with Gasteiger partial charge in [-0.15, -0.1) is 0 Å². The minimum atomic E-state index is -0.339. The summed E-state index contributed by atoms with van der Waals surface area (Å²) in [6.45, 7) is 4.05. The van der Waals surface area contributed by atoms with Gasteiger partial charge in [0.15, 0.2) is 0 Å². The number of halogens is 2. The van der Waals surface area contributed by atoms with Crippen molar-refractivity contribution in [3.05, 3.63) is 117 Å². The molecule has 0 bridgehead atoms. The third kappa shape index (κ3) is 6.29. The van der Waals surface area contributed by atoms with E-state index >= 15 is 0 Å². The molecule has 0 heterocycles. The summed E-state index contributed by atoms with van der Waals surface area (Å²) >= 11 is 11.9. The molecule has 0 amide bonds. The summed E-state index contributed by atoms with van der Waals surface area (Å²) in [5, 5.41) is 38.6. The molecule has 0 atom stereocenters. The molecule has 39 heavy (non-hydrogen) atoms. The van der Waals surface area contributed by atoms with Gasteiger partial charge in [0.2, 0.25) is 0 Å². The van der Waals surface area contributed by atoms with Gasteiger partial charge in [0.1, 0.15) is 23.0 Å². The van der Waals surface area contributed by atoms with Crippen molar-refractivity contribution in [2.24, 2.45) is 0 Å². The predicted octanol–water partition coefficient (Wildman–Crippen LogP) is 9.08. The Labute approximate surface area is 240 Å². The Balaban J connectivity index is 0.000000181. The van der Waals surface area contributed by atoms with Crippen LogP contribution in [0.5, 0.6) is 23.0 Å². The van der Waals surface area contributed by atoms with Crippen molar-refractivity contribution in [3.8, 4) is 23.0 Å². The highest BCUT2D eigenvalue weighted by Crippen LogP contribution is 2.45. The van der Waals surface area contributed by atoms with Crippen LogP contribution in [0, 0.1) is 0 Å². The molecule has 204 valence electrons. The van der Waals surface area contributed by atoms with Crippen molar-refractivity contribution in [1.82, 2.24) is 0 Å². The number of benzene rings is 4. The van der Waals surface area contributed by atoms with Crippen molar-refractivity contribution >= 4 is 23.2 Å². The van der Waals surface area contributed by atoms with E-state index in [0.29, 0.717) is 21.5 Å². The third-order valence-corrected chi connectivity index (χ3v) is 8.49. The second-order valence-corrected chi connectivity index (χ2v) is 11.5. The minimum Gasteiger partial charge on any atom is -0.508 e. The quantitative estimate of drug-likeness (QED) is 0.199. The summed E-state index contributed by atoms with van der Waals surface area (Å²) in [5.74, 6) is 0.741. The number of hydrogen-bond donors (Lipinski definition) is 4. The molecule has 4 nitrogen and oxygen atoms in total. The monoisotopic (exact) mass is 564 g/mol. The lowest BCUT2D eigenvalue weighted by atomic mass is 9.65. The van der Waals surface area contributed by atoms with Crippen molar-refractivity contribution < 1.29 is 20.4 Å². The van der Waals surface area contributed by atoms with E-state index in [1.165, 1.54) is 30.4 Å². The summed E-state index contributed by atoms with van der Waals surface area (Å²) in [6.07, 6.45) is 5.99. The lowest BCUT2D eigenvalue weighted by molar-refractivity contribution is 0.345. The van der Waals surface area contributed by atoms with Crippen LogP contribution in [0.4, 0.5) is 0 Å². The second-order valence-electron chi connectivity index (χ2n) is 10.7. The molecule has 1 aliphatic carbocycles. The smallest absolute Gasteiger partial charge is 0.134 e.